The molecule has 1 aromatic rings. The monoisotopic (exact) mass is 205 g/mol. The molecule has 0 radical (unpaired) electrons. The fourth-order valence-electron chi connectivity index (χ4n) is 2.11. The summed E-state index contributed by atoms with van der Waals surface area (Å²) in [5.41, 5.74) is 7.49. The van der Waals surface area contributed by atoms with Crippen LogP contribution in [0.4, 0.5) is 0 Å². The van der Waals surface area contributed by atoms with Crippen molar-refractivity contribution in [3.63, 3.8) is 0 Å². The van der Waals surface area contributed by atoms with Crippen molar-refractivity contribution in [2.45, 2.75) is 25.7 Å². The average molecular weight is 205 g/mol. The molecule has 0 aromatic heterocycles. The van der Waals surface area contributed by atoms with Crippen LogP contribution in [0, 0.1) is 6.92 Å². The number of carbonyl (C=O) groups excluding carboxylic acids is 1. The second-order valence-electron chi connectivity index (χ2n) is 4.00. The van der Waals surface area contributed by atoms with E-state index in [2.05, 4.69) is 0 Å². The molecule has 2 rings (SSSR count). The Balaban J connectivity index is 2.34. The first kappa shape index (κ1) is 10.0. The van der Waals surface area contributed by atoms with Gasteiger partial charge in [0, 0.05) is 6.42 Å². The number of rotatable bonds is 2. The Morgan fingerprint density at radius 1 is 1.60 bits per heavy atom. The molecule has 1 amide bonds. The highest BCUT2D eigenvalue weighted by Gasteiger charge is 2.23. The molecule has 1 aromatic carbocycles. The molecule has 0 fully saturated rings. The number of nitrogens with two attached hydrogens (primary N) is 1. The molecule has 80 valence electrons. The van der Waals surface area contributed by atoms with Crippen LogP contribution in [0.15, 0.2) is 18.2 Å². The summed E-state index contributed by atoms with van der Waals surface area (Å²) in [5, 5.41) is 0. The SMILES string of the molecule is Cc1cccc2c1OCCC2CC(N)=O. The maximum Gasteiger partial charge on any atom is 0.218 e. The van der Waals surface area contributed by atoms with Gasteiger partial charge in [-0.2, -0.15) is 0 Å². The molecule has 1 atom stereocenters. The molecule has 1 aliphatic rings. The van der Waals surface area contributed by atoms with Gasteiger partial charge in [-0.05, 0) is 30.4 Å². The largest absolute Gasteiger partial charge is 0.493 e. The van der Waals surface area contributed by atoms with Crippen LogP contribution in [0.1, 0.15) is 29.9 Å². The van der Waals surface area contributed by atoms with Gasteiger partial charge in [0.2, 0.25) is 5.91 Å². The van der Waals surface area contributed by atoms with Gasteiger partial charge < -0.3 is 10.5 Å². The summed E-state index contributed by atoms with van der Waals surface area (Å²) in [6, 6.07) is 6.04. The minimum absolute atomic E-state index is 0.228. The second-order valence-corrected chi connectivity index (χ2v) is 4.00. The summed E-state index contributed by atoms with van der Waals surface area (Å²) < 4.78 is 5.61. The van der Waals surface area contributed by atoms with Crippen LogP contribution in [0.25, 0.3) is 0 Å². The third-order valence-electron chi connectivity index (χ3n) is 2.84. The van der Waals surface area contributed by atoms with Gasteiger partial charge in [0.1, 0.15) is 5.75 Å². The van der Waals surface area contributed by atoms with Crippen LogP contribution in [0.2, 0.25) is 0 Å². The van der Waals surface area contributed by atoms with E-state index in [9.17, 15) is 4.79 Å². The summed E-state index contributed by atoms with van der Waals surface area (Å²) in [4.78, 5) is 10.9. The summed E-state index contributed by atoms with van der Waals surface area (Å²) >= 11 is 0. The van der Waals surface area contributed by atoms with E-state index in [-0.39, 0.29) is 11.8 Å². The topological polar surface area (TPSA) is 52.3 Å². The number of benzene rings is 1. The van der Waals surface area contributed by atoms with Crippen LogP contribution in [-0.4, -0.2) is 12.5 Å². The maximum atomic E-state index is 10.9. The van der Waals surface area contributed by atoms with E-state index in [1.165, 1.54) is 0 Å². The molecule has 0 aliphatic carbocycles. The third kappa shape index (κ3) is 1.96. The number of carbonyl (C=O) groups is 1. The van der Waals surface area contributed by atoms with E-state index in [4.69, 9.17) is 10.5 Å². The number of para-hydroxylation sites is 1. The molecular formula is C12H15NO2. The summed E-state index contributed by atoms with van der Waals surface area (Å²) in [6.07, 6.45) is 1.29. The number of amides is 1. The Kier molecular flexibility index (Phi) is 2.62. The van der Waals surface area contributed by atoms with Gasteiger partial charge in [-0.15, -0.1) is 0 Å². The minimum Gasteiger partial charge on any atom is -0.493 e. The predicted molar refractivity (Wildman–Crippen MR) is 57.8 cm³/mol. The van der Waals surface area contributed by atoms with Crippen LogP contribution < -0.4 is 10.5 Å². The van der Waals surface area contributed by atoms with Gasteiger partial charge in [-0.1, -0.05) is 18.2 Å². The lowest BCUT2D eigenvalue weighted by atomic mass is 9.89. The van der Waals surface area contributed by atoms with Crippen LogP contribution in [0.5, 0.6) is 5.75 Å². The molecular weight excluding hydrogens is 190 g/mol. The fourth-order valence-corrected chi connectivity index (χ4v) is 2.11. The maximum absolute atomic E-state index is 10.9. The standard InChI is InChI=1S/C12H15NO2/c1-8-3-2-4-10-9(7-11(13)14)5-6-15-12(8)10/h2-4,9H,5-7H2,1H3,(H2,13,14). The van der Waals surface area contributed by atoms with E-state index in [0.717, 1.165) is 23.3 Å². The van der Waals surface area contributed by atoms with Crippen LogP contribution in [0.3, 0.4) is 0 Å². The summed E-state index contributed by atoms with van der Waals surface area (Å²) in [6.45, 7) is 2.70. The van der Waals surface area contributed by atoms with E-state index >= 15 is 0 Å². The molecule has 0 saturated heterocycles. The lowest BCUT2D eigenvalue weighted by Crippen LogP contribution is -2.21. The molecule has 0 bridgehead atoms. The highest BCUT2D eigenvalue weighted by Crippen LogP contribution is 2.37. The Morgan fingerprint density at radius 3 is 3.13 bits per heavy atom. The Bertz CT molecular complexity index is 387. The average Bonchev–Trinajstić information content (AvgIpc) is 2.19. The first-order valence-electron chi connectivity index (χ1n) is 5.19. The highest BCUT2D eigenvalue weighted by molar-refractivity contribution is 5.75. The van der Waals surface area contributed by atoms with E-state index in [1.54, 1.807) is 0 Å². The molecule has 3 nitrogen and oxygen atoms in total. The van der Waals surface area contributed by atoms with E-state index < -0.39 is 0 Å². The lowest BCUT2D eigenvalue weighted by molar-refractivity contribution is -0.118. The molecule has 1 heterocycles. The molecule has 3 heteroatoms. The molecule has 1 aliphatic heterocycles. The number of aryl methyl sites for hydroxylation is 1. The molecule has 15 heavy (non-hydrogen) atoms. The van der Waals surface area contributed by atoms with Crippen molar-refractivity contribution in [3.05, 3.63) is 29.3 Å². The number of ether oxygens (including phenoxy) is 1. The van der Waals surface area contributed by atoms with Crippen molar-refractivity contribution in [2.75, 3.05) is 6.61 Å². The Labute approximate surface area is 89.2 Å². The fraction of sp³-hybridized carbons (Fsp3) is 0.417. The quantitative estimate of drug-likeness (QED) is 0.799. The highest BCUT2D eigenvalue weighted by atomic mass is 16.5. The Morgan fingerprint density at radius 2 is 2.40 bits per heavy atom. The normalized spacial score (nSPS) is 19.1. The van der Waals surface area contributed by atoms with Gasteiger partial charge in [-0.25, -0.2) is 0 Å². The van der Waals surface area contributed by atoms with Gasteiger partial charge in [-0.3, -0.25) is 4.79 Å². The van der Waals surface area contributed by atoms with Gasteiger partial charge in [0.25, 0.3) is 0 Å². The van der Waals surface area contributed by atoms with Gasteiger partial charge >= 0.3 is 0 Å². The zero-order chi connectivity index (χ0) is 10.8. The lowest BCUT2D eigenvalue weighted by Gasteiger charge is -2.26. The number of fused-ring (bicyclic) bond motifs is 1. The van der Waals surface area contributed by atoms with Crippen molar-refractivity contribution in [1.82, 2.24) is 0 Å². The minimum atomic E-state index is -0.241. The Hall–Kier alpha value is -1.51. The van der Waals surface area contributed by atoms with Crippen molar-refractivity contribution in [1.29, 1.82) is 0 Å². The third-order valence-corrected chi connectivity index (χ3v) is 2.84. The zero-order valence-electron chi connectivity index (χ0n) is 8.82. The van der Waals surface area contributed by atoms with Crippen molar-refractivity contribution >= 4 is 5.91 Å². The number of primary amides is 1. The number of hydrogen-bond acceptors (Lipinski definition) is 2. The molecule has 1 unspecified atom stereocenters. The van der Waals surface area contributed by atoms with Crippen LogP contribution in [-0.2, 0) is 4.79 Å². The summed E-state index contributed by atoms with van der Waals surface area (Å²) in [5.74, 6) is 0.926. The van der Waals surface area contributed by atoms with Crippen molar-refractivity contribution in [2.24, 2.45) is 5.73 Å². The number of hydrogen-bond donors (Lipinski definition) is 1. The molecule has 0 spiro atoms. The van der Waals surface area contributed by atoms with Crippen molar-refractivity contribution < 1.29 is 9.53 Å². The molecule has 0 saturated carbocycles. The first-order valence-corrected chi connectivity index (χ1v) is 5.19. The van der Waals surface area contributed by atoms with E-state index in [0.29, 0.717) is 13.0 Å². The van der Waals surface area contributed by atoms with Gasteiger partial charge in [0.05, 0.1) is 6.61 Å². The first-order chi connectivity index (χ1) is 7.18. The van der Waals surface area contributed by atoms with E-state index in [1.807, 2.05) is 25.1 Å². The van der Waals surface area contributed by atoms with Crippen molar-refractivity contribution in [3.8, 4) is 5.75 Å². The van der Waals surface area contributed by atoms with Crippen LogP contribution >= 0.6 is 0 Å². The predicted octanol–water partition coefficient (Wildman–Crippen LogP) is 1.74. The summed E-state index contributed by atoms with van der Waals surface area (Å²) in [7, 11) is 0. The zero-order valence-corrected chi connectivity index (χ0v) is 8.82. The smallest absolute Gasteiger partial charge is 0.218 e. The van der Waals surface area contributed by atoms with Gasteiger partial charge in [0.15, 0.2) is 0 Å². The molecule has 2 N–H and O–H groups in total. The second kappa shape index (κ2) is 3.93.